The summed E-state index contributed by atoms with van der Waals surface area (Å²) in [4.78, 5) is 5.11. The predicted molar refractivity (Wildman–Crippen MR) is 55.9 cm³/mol. The lowest BCUT2D eigenvalue weighted by Crippen LogP contribution is -2.72. The third-order valence-electron chi connectivity index (χ3n) is 3.75. The van der Waals surface area contributed by atoms with E-state index in [0.29, 0.717) is 0 Å². The lowest BCUT2D eigenvalue weighted by molar-refractivity contribution is -0.121. The Morgan fingerprint density at radius 2 is 1.62 bits per heavy atom. The Kier molecular flexibility index (Phi) is 2.37. The smallest absolute Gasteiger partial charge is 0.0212 e. The van der Waals surface area contributed by atoms with Crippen LogP contribution >= 0.6 is 0 Å². The van der Waals surface area contributed by atoms with Crippen LogP contribution in [-0.2, 0) is 0 Å². The van der Waals surface area contributed by atoms with E-state index >= 15 is 0 Å². The second kappa shape index (κ2) is 3.25. The van der Waals surface area contributed by atoms with Crippen LogP contribution in [0.1, 0.15) is 26.7 Å². The fourth-order valence-corrected chi connectivity index (χ4v) is 3.18. The van der Waals surface area contributed by atoms with Gasteiger partial charge < -0.3 is 4.90 Å². The van der Waals surface area contributed by atoms with Crippen molar-refractivity contribution in [1.29, 1.82) is 0 Å². The topological polar surface area (TPSA) is 6.48 Å². The third-order valence-corrected chi connectivity index (χ3v) is 3.75. The van der Waals surface area contributed by atoms with E-state index in [0.717, 1.165) is 11.5 Å². The van der Waals surface area contributed by atoms with Crippen LogP contribution in [0.2, 0.25) is 0 Å². The molecule has 0 amide bonds. The highest BCUT2D eigenvalue weighted by Crippen LogP contribution is 2.40. The van der Waals surface area contributed by atoms with Crippen molar-refractivity contribution >= 4 is 0 Å². The van der Waals surface area contributed by atoms with Gasteiger partial charge in [-0.2, -0.15) is 0 Å². The highest BCUT2D eigenvalue weighted by molar-refractivity contribution is 5.05. The van der Waals surface area contributed by atoms with Crippen molar-refractivity contribution in [3.8, 4) is 0 Å². The van der Waals surface area contributed by atoms with Gasteiger partial charge in [0.25, 0.3) is 0 Å². The first kappa shape index (κ1) is 9.47. The molecule has 2 nitrogen and oxygen atoms in total. The van der Waals surface area contributed by atoms with E-state index in [-0.39, 0.29) is 0 Å². The summed E-state index contributed by atoms with van der Waals surface area (Å²) in [6.45, 7) is 10.0. The summed E-state index contributed by atoms with van der Waals surface area (Å²) in [5.74, 6) is 0. The molecule has 0 aliphatic carbocycles. The third kappa shape index (κ3) is 1.50. The molecule has 0 bridgehead atoms. The molecule has 2 rings (SSSR count). The monoisotopic (exact) mass is 182 g/mol. The summed E-state index contributed by atoms with van der Waals surface area (Å²) < 4.78 is 0. The van der Waals surface area contributed by atoms with Gasteiger partial charge in [0.1, 0.15) is 0 Å². The normalized spacial score (nSPS) is 27.7. The molecule has 76 valence electrons. The molecule has 0 unspecified atom stereocenters. The first-order chi connectivity index (χ1) is 6.19. The summed E-state index contributed by atoms with van der Waals surface area (Å²) in [6.07, 6.45) is 2.64. The molecular formula is C11H22N2. The molecule has 2 fully saturated rings. The molecular weight excluding hydrogens is 160 g/mol. The van der Waals surface area contributed by atoms with Crippen molar-refractivity contribution in [1.82, 2.24) is 9.80 Å². The molecule has 1 spiro atoms. The fraction of sp³-hybridized carbons (Fsp3) is 1.00. The van der Waals surface area contributed by atoms with Crippen molar-refractivity contribution in [2.24, 2.45) is 5.41 Å². The van der Waals surface area contributed by atoms with E-state index in [9.17, 15) is 0 Å². The van der Waals surface area contributed by atoms with Crippen LogP contribution in [0.4, 0.5) is 0 Å². The molecule has 2 heteroatoms. The average Bonchev–Trinajstić information content (AvgIpc) is 1.99. The molecule has 2 saturated heterocycles. The van der Waals surface area contributed by atoms with Crippen LogP contribution in [0.15, 0.2) is 0 Å². The summed E-state index contributed by atoms with van der Waals surface area (Å²) >= 11 is 0. The Morgan fingerprint density at radius 3 is 2.00 bits per heavy atom. The Hall–Kier alpha value is -0.0800. The average molecular weight is 182 g/mol. The summed E-state index contributed by atoms with van der Waals surface area (Å²) in [5, 5.41) is 0. The van der Waals surface area contributed by atoms with Gasteiger partial charge in [0, 0.05) is 37.6 Å². The van der Waals surface area contributed by atoms with Crippen LogP contribution in [0.3, 0.4) is 0 Å². The molecule has 0 aromatic carbocycles. The van der Waals surface area contributed by atoms with Gasteiger partial charge in [-0.3, -0.25) is 4.90 Å². The minimum absolute atomic E-state index is 0.720. The highest BCUT2D eigenvalue weighted by atomic mass is 15.3. The predicted octanol–water partition coefficient (Wildman–Crippen LogP) is 1.42. The number of likely N-dealkylation sites (tertiary alicyclic amines) is 2. The maximum atomic E-state index is 2.67. The van der Waals surface area contributed by atoms with Crippen LogP contribution in [0.25, 0.3) is 0 Å². The lowest BCUT2D eigenvalue weighted by atomic mass is 9.72. The molecule has 2 heterocycles. The summed E-state index contributed by atoms with van der Waals surface area (Å²) in [5.41, 5.74) is 0.720. The largest absolute Gasteiger partial charge is 0.305 e. The fourth-order valence-electron chi connectivity index (χ4n) is 3.18. The quantitative estimate of drug-likeness (QED) is 0.651. The SMILES string of the molecule is CCC(CC)N1CC2(CN(C)C2)C1. The molecule has 2 aliphatic rings. The van der Waals surface area contributed by atoms with Crippen LogP contribution in [0, 0.1) is 5.41 Å². The first-order valence-electron chi connectivity index (χ1n) is 5.62. The molecule has 0 N–H and O–H groups in total. The highest BCUT2D eigenvalue weighted by Gasteiger charge is 2.51. The lowest BCUT2D eigenvalue weighted by Gasteiger charge is -2.61. The van der Waals surface area contributed by atoms with Gasteiger partial charge in [-0.25, -0.2) is 0 Å². The molecule has 0 atom stereocenters. The standard InChI is InChI=1S/C11H22N2/c1-4-10(5-2)13-8-11(9-13)6-12(3)7-11/h10H,4-9H2,1-3H3. The van der Waals surface area contributed by atoms with Crippen LogP contribution in [-0.4, -0.2) is 49.1 Å². The first-order valence-corrected chi connectivity index (χ1v) is 5.62. The summed E-state index contributed by atoms with van der Waals surface area (Å²) in [6, 6.07) is 0.858. The van der Waals surface area contributed by atoms with Crippen LogP contribution in [0.5, 0.6) is 0 Å². The maximum absolute atomic E-state index is 2.67. The molecule has 0 radical (unpaired) electrons. The number of hydrogen-bond acceptors (Lipinski definition) is 2. The zero-order valence-electron chi connectivity index (χ0n) is 9.21. The Bertz CT molecular complexity index is 173. The van der Waals surface area contributed by atoms with Crippen molar-refractivity contribution in [3.63, 3.8) is 0 Å². The van der Waals surface area contributed by atoms with Gasteiger partial charge in [0.2, 0.25) is 0 Å². The second-order valence-electron chi connectivity index (χ2n) is 5.05. The van der Waals surface area contributed by atoms with Crippen molar-refractivity contribution in [3.05, 3.63) is 0 Å². The van der Waals surface area contributed by atoms with E-state index in [1.54, 1.807) is 0 Å². The molecule has 0 aromatic rings. The van der Waals surface area contributed by atoms with E-state index in [1.807, 2.05) is 0 Å². The Labute approximate surface area is 81.9 Å². The number of nitrogens with zero attached hydrogens (tertiary/aromatic N) is 2. The van der Waals surface area contributed by atoms with Gasteiger partial charge in [-0.15, -0.1) is 0 Å². The molecule has 0 saturated carbocycles. The van der Waals surface area contributed by atoms with Gasteiger partial charge >= 0.3 is 0 Å². The van der Waals surface area contributed by atoms with Crippen molar-refractivity contribution < 1.29 is 0 Å². The van der Waals surface area contributed by atoms with Gasteiger partial charge in [0.05, 0.1) is 0 Å². The van der Waals surface area contributed by atoms with Crippen molar-refractivity contribution in [2.45, 2.75) is 32.7 Å². The molecule has 13 heavy (non-hydrogen) atoms. The van der Waals surface area contributed by atoms with Gasteiger partial charge in [0.15, 0.2) is 0 Å². The van der Waals surface area contributed by atoms with Gasteiger partial charge in [-0.05, 0) is 19.9 Å². The van der Waals surface area contributed by atoms with E-state index < -0.39 is 0 Å². The minimum atomic E-state index is 0.720. The zero-order valence-corrected chi connectivity index (χ0v) is 9.21. The molecule has 0 aromatic heterocycles. The zero-order chi connectivity index (χ0) is 9.47. The second-order valence-corrected chi connectivity index (χ2v) is 5.05. The number of hydrogen-bond donors (Lipinski definition) is 0. The maximum Gasteiger partial charge on any atom is 0.0212 e. The van der Waals surface area contributed by atoms with Crippen molar-refractivity contribution in [2.75, 3.05) is 33.2 Å². The number of rotatable bonds is 3. The van der Waals surface area contributed by atoms with E-state index in [1.165, 1.54) is 39.0 Å². The minimum Gasteiger partial charge on any atom is -0.305 e. The van der Waals surface area contributed by atoms with E-state index in [2.05, 4.69) is 30.7 Å². The van der Waals surface area contributed by atoms with E-state index in [4.69, 9.17) is 0 Å². The van der Waals surface area contributed by atoms with Gasteiger partial charge in [-0.1, -0.05) is 13.8 Å². The summed E-state index contributed by atoms with van der Waals surface area (Å²) in [7, 11) is 2.23. The Morgan fingerprint density at radius 1 is 1.08 bits per heavy atom. The van der Waals surface area contributed by atoms with Crippen LogP contribution < -0.4 is 0 Å². The molecule has 2 aliphatic heterocycles. The Balaban J connectivity index is 1.77.